The highest BCUT2D eigenvalue weighted by Crippen LogP contribution is 2.55. The number of amides is 1. The number of para-hydroxylation sites is 3. The fourth-order valence-electron chi connectivity index (χ4n) is 4.46. The van der Waals surface area contributed by atoms with Crippen molar-refractivity contribution in [1.82, 2.24) is 0 Å². The van der Waals surface area contributed by atoms with Gasteiger partial charge in [-0.25, -0.2) is 0 Å². The molecule has 6 rings (SSSR count). The number of nitrogens with zero attached hydrogens (tertiary/aromatic N) is 2. The summed E-state index contributed by atoms with van der Waals surface area (Å²) in [6.07, 6.45) is 1.87. The molecule has 0 N–H and O–H groups in total. The summed E-state index contributed by atoms with van der Waals surface area (Å²) in [5.74, 6) is 0.925. The Labute approximate surface area is 135 Å². The lowest BCUT2D eigenvalue weighted by Gasteiger charge is -2.57. The Bertz CT molecular complexity index is 791. The summed E-state index contributed by atoms with van der Waals surface area (Å²) in [5.41, 5.74) is 1.51. The normalized spacial score (nSPS) is 30.9. The first-order valence-electron chi connectivity index (χ1n) is 8.16. The van der Waals surface area contributed by atoms with E-state index < -0.39 is 5.72 Å². The molecule has 2 aromatic carbocycles. The first kappa shape index (κ1) is 13.0. The topological polar surface area (TPSA) is 32.8 Å². The molecule has 2 aromatic rings. The standard InChI is InChI=1S/C19H18N2O2/c1-19-14-11-12-17(20(18(14)22)13-7-3-2-4-8-13)21(19)15-9-5-6-10-16(15)23-19/h2-10,14,17H,11-12H2,1H3/t14-,17+,19+/m1/s1. The zero-order valence-corrected chi connectivity index (χ0v) is 13.0. The van der Waals surface area contributed by atoms with Crippen LogP contribution < -0.4 is 14.5 Å². The summed E-state index contributed by atoms with van der Waals surface area (Å²) in [5, 5.41) is 0. The SMILES string of the molecule is C[C@@]12Oc3ccccc3N1[C@H]1CC[C@@H]2C(=O)N1c1ccccc1. The van der Waals surface area contributed by atoms with Gasteiger partial charge in [0.1, 0.15) is 11.9 Å². The number of ether oxygens (including phenoxy) is 1. The third kappa shape index (κ3) is 1.53. The Hall–Kier alpha value is -2.49. The van der Waals surface area contributed by atoms with Crippen LogP contribution in [-0.2, 0) is 4.79 Å². The molecule has 3 saturated heterocycles. The van der Waals surface area contributed by atoms with Crippen molar-refractivity contribution in [3.8, 4) is 5.75 Å². The third-order valence-corrected chi connectivity index (χ3v) is 5.45. The second kappa shape index (κ2) is 4.28. The van der Waals surface area contributed by atoms with Crippen LogP contribution in [0.4, 0.5) is 11.4 Å². The summed E-state index contributed by atoms with van der Waals surface area (Å²) in [7, 11) is 0. The number of hydrogen-bond donors (Lipinski definition) is 0. The van der Waals surface area contributed by atoms with Gasteiger partial charge < -0.3 is 9.64 Å². The van der Waals surface area contributed by atoms with Gasteiger partial charge in [-0.05, 0) is 44.0 Å². The van der Waals surface area contributed by atoms with Crippen LogP contribution in [-0.4, -0.2) is 17.8 Å². The Balaban J connectivity index is 1.67. The van der Waals surface area contributed by atoms with Crippen LogP contribution in [0.2, 0.25) is 0 Å². The molecule has 23 heavy (non-hydrogen) atoms. The number of benzene rings is 2. The number of hydrogen-bond acceptors (Lipinski definition) is 3. The molecule has 0 aliphatic carbocycles. The van der Waals surface area contributed by atoms with Crippen LogP contribution in [0.3, 0.4) is 0 Å². The van der Waals surface area contributed by atoms with Gasteiger partial charge >= 0.3 is 0 Å². The van der Waals surface area contributed by atoms with Gasteiger partial charge in [0.2, 0.25) is 5.91 Å². The smallest absolute Gasteiger partial charge is 0.237 e. The third-order valence-electron chi connectivity index (χ3n) is 5.45. The molecule has 0 unspecified atom stereocenters. The molecule has 0 saturated carbocycles. The van der Waals surface area contributed by atoms with Gasteiger partial charge in [0, 0.05) is 5.69 Å². The summed E-state index contributed by atoms with van der Waals surface area (Å²) in [4.78, 5) is 17.4. The molecule has 4 aliphatic rings. The number of anilines is 2. The van der Waals surface area contributed by atoms with E-state index in [1.54, 1.807) is 0 Å². The second-order valence-electron chi connectivity index (χ2n) is 6.65. The average molecular weight is 306 g/mol. The fourth-order valence-corrected chi connectivity index (χ4v) is 4.46. The summed E-state index contributed by atoms with van der Waals surface area (Å²) in [6.45, 7) is 2.06. The van der Waals surface area contributed by atoms with Crippen molar-refractivity contribution in [1.29, 1.82) is 0 Å². The van der Waals surface area contributed by atoms with Crippen molar-refractivity contribution in [2.24, 2.45) is 5.92 Å². The summed E-state index contributed by atoms with van der Waals surface area (Å²) < 4.78 is 6.27. The maximum atomic E-state index is 13.1. The first-order chi connectivity index (χ1) is 11.2. The van der Waals surface area contributed by atoms with E-state index in [1.165, 1.54) is 0 Å². The molecule has 4 heteroatoms. The fraction of sp³-hybridized carbons (Fsp3) is 0.316. The minimum atomic E-state index is -0.561. The number of carbonyl (C=O) groups is 1. The molecule has 4 heterocycles. The molecule has 1 amide bonds. The predicted octanol–water partition coefficient (Wildman–Crippen LogP) is 3.38. The van der Waals surface area contributed by atoms with Crippen LogP contribution in [0.1, 0.15) is 19.8 Å². The van der Waals surface area contributed by atoms with E-state index in [2.05, 4.69) is 17.9 Å². The van der Waals surface area contributed by atoms with E-state index in [9.17, 15) is 4.79 Å². The molecular weight excluding hydrogens is 288 g/mol. The minimum absolute atomic E-state index is 0.0172. The van der Waals surface area contributed by atoms with Gasteiger partial charge in [0.25, 0.3) is 0 Å². The van der Waals surface area contributed by atoms with Gasteiger partial charge in [-0.1, -0.05) is 30.3 Å². The quantitative estimate of drug-likeness (QED) is 0.809. The van der Waals surface area contributed by atoms with E-state index in [-0.39, 0.29) is 18.0 Å². The zero-order valence-electron chi connectivity index (χ0n) is 13.0. The van der Waals surface area contributed by atoms with Gasteiger partial charge in [-0.3, -0.25) is 9.69 Å². The lowest BCUT2D eigenvalue weighted by Crippen LogP contribution is -2.74. The van der Waals surface area contributed by atoms with Crippen LogP contribution in [0.5, 0.6) is 5.75 Å². The molecule has 0 aromatic heterocycles. The summed E-state index contributed by atoms with van der Waals surface area (Å²) in [6, 6.07) is 18.1. The number of fused-ring (bicyclic) bond motifs is 3. The summed E-state index contributed by atoms with van der Waals surface area (Å²) >= 11 is 0. The van der Waals surface area contributed by atoms with Crippen molar-refractivity contribution in [3.63, 3.8) is 0 Å². The zero-order chi connectivity index (χ0) is 15.6. The van der Waals surface area contributed by atoms with Crippen molar-refractivity contribution in [3.05, 3.63) is 54.6 Å². The monoisotopic (exact) mass is 306 g/mol. The lowest BCUT2D eigenvalue weighted by atomic mass is 9.79. The highest BCUT2D eigenvalue weighted by molar-refractivity contribution is 6.00. The van der Waals surface area contributed by atoms with E-state index in [1.807, 2.05) is 53.4 Å². The molecule has 0 spiro atoms. The first-order valence-corrected chi connectivity index (χ1v) is 8.16. The Morgan fingerprint density at radius 2 is 1.78 bits per heavy atom. The number of carbonyl (C=O) groups excluding carboxylic acids is 1. The number of piperidine rings is 2. The Morgan fingerprint density at radius 1 is 1.04 bits per heavy atom. The highest BCUT2D eigenvalue weighted by atomic mass is 16.5. The Morgan fingerprint density at radius 3 is 2.61 bits per heavy atom. The highest BCUT2D eigenvalue weighted by Gasteiger charge is 2.62. The van der Waals surface area contributed by atoms with Gasteiger partial charge in [-0.15, -0.1) is 0 Å². The van der Waals surface area contributed by atoms with E-state index in [0.717, 1.165) is 30.0 Å². The number of rotatable bonds is 1. The molecule has 0 radical (unpaired) electrons. The molecule has 3 fully saturated rings. The molecule has 116 valence electrons. The lowest BCUT2D eigenvalue weighted by molar-refractivity contribution is -0.137. The minimum Gasteiger partial charge on any atom is -0.465 e. The van der Waals surface area contributed by atoms with Gasteiger partial charge in [0.05, 0.1) is 11.6 Å². The molecule has 2 bridgehead atoms. The largest absolute Gasteiger partial charge is 0.465 e. The molecule has 4 aliphatic heterocycles. The van der Waals surface area contributed by atoms with Crippen molar-refractivity contribution in [2.75, 3.05) is 9.80 Å². The maximum Gasteiger partial charge on any atom is 0.237 e. The van der Waals surface area contributed by atoms with E-state index >= 15 is 0 Å². The van der Waals surface area contributed by atoms with Crippen LogP contribution >= 0.6 is 0 Å². The average Bonchev–Trinajstić information content (AvgIpc) is 2.90. The van der Waals surface area contributed by atoms with Crippen LogP contribution in [0.25, 0.3) is 0 Å². The predicted molar refractivity (Wildman–Crippen MR) is 88.4 cm³/mol. The van der Waals surface area contributed by atoms with Crippen molar-refractivity contribution in [2.45, 2.75) is 31.7 Å². The maximum absolute atomic E-state index is 13.1. The second-order valence-corrected chi connectivity index (χ2v) is 6.65. The van der Waals surface area contributed by atoms with Gasteiger partial charge in [0.15, 0.2) is 5.72 Å². The van der Waals surface area contributed by atoms with Crippen molar-refractivity contribution < 1.29 is 9.53 Å². The Kier molecular flexibility index (Phi) is 2.42. The molecular formula is C19H18N2O2. The van der Waals surface area contributed by atoms with Crippen molar-refractivity contribution >= 4 is 17.3 Å². The van der Waals surface area contributed by atoms with Gasteiger partial charge in [-0.2, -0.15) is 0 Å². The van der Waals surface area contributed by atoms with E-state index in [0.29, 0.717) is 0 Å². The van der Waals surface area contributed by atoms with E-state index in [4.69, 9.17) is 4.74 Å². The molecule has 3 atom stereocenters. The van der Waals surface area contributed by atoms with Crippen LogP contribution in [0, 0.1) is 5.92 Å². The molecule has 4 nitrogen and oxygen atoms in total. The van der Waals surface area contributed by atoms with Crippen LogP contribution in [0.15, 0.2) is 54.6 Å².